The molecule has 33 heavy (non-hydrogen) atoms. The van der Waals surface area contributed by atoms with Gasteiger partial charge in [-0.15, -0.1) is 0 Å². The number of benzene rings is 3. The highest BCUT2D eigenvalue weighted by Crippen LogP contribution is 2.26. The summed E-state index contributed by atoms with van der Waals surface area (Å²) in [6.07, 6.45) is 1.71. The summed E-state index contributed by atoms with van der Waals surface area (Å²) in [5.74, 6) is 1.20. The van der Waals surface area contributed by atoms with Gasteiger partial charge in [-0.3, -0.25) is 14.3 Å². The topological polar surface area (TPSA) is 50.2 Å². The quantitative estimate of drug-likeness (QED) is 0.366. The van der Waals surface area contributed by atoms with Gasteiger partial charge < -0.3 is 5.32 Å². The number of anilines is 1. The van der Waals surface area contributed by atoms with E-state index in [0.717, 1.165) is 70.7 Å². The van der Waals surface area contributed by atoms with E-state index in [4.69, 9.17) is 4.98 Å². The van der Waals surface area contributed by atoms with Crippen LogP contribution in [0.5, 0.6) is 0 Å². The van der Waals surface area contributed by atoms with Gasteiger partial charge in [0.1, 0.15) is 5.82 Å². The lowest BCUT2D eigenvalue weighted by Gasteiger charge is -2.31. The van der Waals surface area contributed by atoms with E-state index >= 15 is 0 Å². The number of fused-ring (bicyclic) bond motifs is 1. The van der Waals surface area contributed by atoms with Crippen molar-refractivity contribution in [3.8, 4) is 5.69 Å². The first-order valence-corrected chi connectivity index (χ1v) is 12.2. The van der Waals surface area contributed by atoms with Crippen molar-refractivity contribution in [2.75, 3.05) is 18.4 Å². The van der Waals surface area contributed by atoms with Crippen LogP contribution in [-0.2, 0) is 11.3 Å². The Labute approximate surface area is 202 Å². The first-order chi connectivity index (χ1) is 16.1. The normalized spacial score (nSPS) is 15.1. The smallest absolute Gasteiger partial charge is 0.227 e. The highest BCUT2D eigenvalue weighted by Gasteiger charge is 2.26. The fraction of sp³-hybridized carbons (Fsp3) is 0.259. The number of aryl methyl sites for hydroxylation is 1. The third-order valence-corrected chi connectivity index (χ3v) is 6.85. The van der Waals surface area contributed by atoms with E-state index in [1.807, 2.05) is 37.3 Å². The molecule has 0 spiro atoms. The zero-order valence-electron chi connectivity index (χ0n) is 18.7. The van der Waals surface area contributed by atoms with Gasteiger partial charge in [0, 0.05) is 21.8 Å². The Kier molecular flexibility index (Phi) is 6.29. The van der Waals surface area contributed by atoms with Crippen LogP contribution in [-0.4, -0.2) is 33.4 Å². The molecule has 0 saturated carbocycles. The molecule has 1 saturated heterocycles. The number of piperidine rings is 1. The molecule has 1 aromatic heterocycles. The van der Waals surface area contributed by atoms with Crippen molar-refractivity contribution in [3.05, 3.63) is 88.7 Å². The lowest BCUT2D eigenvalue weighted by atomic mass is 9.95. The Balaban J connectivity index is 1.29. The molecule has 5 nitrogen and oxygen atoms in total. The molecule has 3 aromatic carbocycles. The highest BCUT2D eigenvalue weighted by molar-refractivity contribution is 9.10. The number of halogens is 1. The summed E-state index contributed by atoms with van der Waals surface area (Å²) in [4.78, 5) is 20.1. The maximum atomic E-state index is 12.8. The molecule has 5 rings (SSSR count). The van der Waals surface area contributed by atoms with E-state index in [2.05, 4.69) is 73.2 Å². The lowest BCUT2D eigenvalue weighted by molar-refractivity contribution is -0.121. The minimum Gasteiger partial charge on any atom is -0.326 e. The van der Waals surface area contributed by atoms with Crippen LogP contribution in [0.1, 0.15) is 24.2 Å². The van der Waals surface area contributed by atoms with Gasteiger partial charge in [0.25, 0.3) is 0 Å². The summed E-state index contributed by atoms with van der Waals surface area (Å²) in [5, 5.41) is 3.09. The first-order valence-electron chi connectivity index (χ1n) is 11.4. The van der Waals surface area contributed by atoms with Crippen molar-refractivity contribution in [1.29, 1.82) is 0 Å². The number of imidazole rings is 1. The van der Waals surface area contributed by atoms with Crippen molar-refractivity contribution in [3.63, 3.8) is 0 Å². The zero-order chi connectivity index (χ0) is 22.8. The summed E-state index contributed by atoms with van der Waals surface area (Å²) in [7, 11) is 0. The second-order valence-corrected chi connectivity index (χ2v) is 9.65. The van der Waals surface area contributed by atoms with Crippen LogP contribution in [0.3, 0.4) is 0 Å². The Morgan fingerprint density at radius 1 is 1.03 bits per heavy atom. The van der Waals surface area contributed by atoms with Crippen LogP contribution in [0.25, 0.3) is 16.7 Å². The predicted octanol–water partition coefficient (Wildman–Crippen LogP) is 5.95. The van der Waals surface area contributed by atoms with Gasteiger partial charge >= 0.3 is 0 Å². The lowest BCUT2D eigenvalue weighted by Crippen LogP contribution is -2.38. The molecule has 4 aromatic rings. The molecule has 1 fully saturated rings. The number of rotatable bonds is 5. The molecule has 0 radical (unpaired) electrons. The molecule has 0 bridgehead atoms. The molecule has 0 aliphatic carbocycles. The van der Waals surface area contributed by atoms with Gasteiger partial charge in [-0.05, 0) is 86.9 Å². The van der Waals surface area contributed by atoms with E-state index < -0.39 is 0 Å². The minimum atomic E-state index is 0.0482. The molecule has 0 atom stereocenters. The summed E-state index contributed by atoms with van der Waals surface area (Å²) in [6.45, 7) is 4.57. The van der Waals surface area contributed by atoms with Crippen molar-refractivity contribution >= 4 is 38.6 Å². The van der Waals surface area contributed by atoms with Crippen molar-refractivity contribution in [2.45, 2.75) is 26.3 Å². The molecular formula is C27H27BrN4O. The molecule has 6 heteroatoms. The van der Waals surface area contributed by atoms with Crippen LogP contribution < -0.4 is 5.32 Å². The summed E-state index contributed by atoms with van der Waals surface area (Å²) in [6, 6.07) is 24.6. The predicted molar refractivity (Wildman–Crippen MR) is 137 cm³/mol. The maximum Gasteiger partial charge on any atom is 0.227 e. The summed E-state index contributed by atoms with van der Waals surface area (Å²) in [5.41, 5.74) is 5.25. The van der Waals surface area contributed by atoms with E-state index in [-0.39, 0.29) is 11.8 Å². The average molecular weight is 503 g/mol. The van der Waals surface area contributed by atoms with Crippen LogP contribution in [0.4, 0.5) is 5.69 Å². The largest absolute Gasteiger partial charge is 0.326 e. The molecule has 0 unspecified atom stereocenters. The van der Waals surface area contributed by atoms with Crippen LogP contribution in [0, 0.1) is 12.8 Å². The van der Waals surface area contributed by atoms with Crippen LogP contribution in [0.15, 0.2) is 77.3 Å². The average Bonchev–Trinajstić information content (AvgIpc) is 3.18. The van der Waals surface area contributed by atoms with Crippen LogP contribution >= 0.6 is 15.9 Å². The molecular weight excluding hydrogens is 476 g/mol. The molecule has 168 valence electrons. The fourth-order valence-corrected chi connectivity index (χ4v) is 4.84. The zero-order valence-corrected chi connectivity index (χ0v) is 20.3. The monoisotopic (exact) mass is 502 g/mol. The Morgan fingerprint density at radius 3 is 2.55 bits per heavy atom. The number of likely N-dealkylation sites (tertiary alicyclic amines) is 1. The first kappa shape index (κ1) is 21.9. The van der Waals surface area contributed by atoms with Crippen molar-refractivity contribution in [1.82, 2.24) is 14.5 Å². The van der Waals surface area contributed by atoms with E-state index in [1.165, 1.54) is 0 Å². The van der Waals surface area contributed by atoms with Gasteiger partial charge in [-0.25, -0.2) is 4.98 Å². The third kappa shape index (κ3) is 4.87. The number of aromatic nitrogens is 2. The van der Waals surface area contributed by atoms with Crippen molar-refractivity contribution < 1.29 is 4.79 Å². The maximum absolute atomic E-state index is 12.8. The number of para-hydroxylation sites is 2. The van der Waals surface area contributed by atoms with E-state index in [9.17, 15) is 4.79 Å². The van der Waals surface area contributed by atoms with Gasteiger partial charge in [0.2, 0.25) is 5.91 Å². The van der Waals surface area contributed by atoms with Gasteiger partial charge in [-0.2, -0.15) is 0 Å². The number of hydrogen-bond acceptors (Lipinski definition) is 3. The fourth-order valence-electron chi connectivity index (χ4n) is 4.58. The number of nitrogens with one attached hydrogen (secondary N) is 1. The number of carbonyl (C=O) groups is 1. The Bertz CT molecular complexity index is 1270. The Hall–Kier alpha value is -2.96. The molecule has 2 heterocycles. The van der Waals surface area contributed by atoms with Crippen LogP contribution in [0.2, 0.25) is 0 Å². The molecule has 1 aliphatic heterocycles. The Morgan fingerprint density at radius 2 is 1.79 bits per heavy atom. The number of nitrogens with zero attached hydrogens (tertiary/aromatic N) is 3. The van der Waals surface area contributed by atoms with Gasteiger partial charge in [0.15, 0.2) is 0 Å². The van der Waals surface area contributed by atoms with Gasteiger partial charge in [-0.1, -0.05) is 40.2 Å². The standard InChI is InChI=1S/C27H27BrN4O/c1-19-5-4-6-22(17-19)29-27(33)20-13-15-31(16-14-20)18-26-30-24-7-2-3-8-25(24)32(26)23-11-9-21(28)10-12-23/h2-12,17,20H,13-16,18H2,1H3,(H,29,33). The van der Waals surface area contributed by atoms with E-state index in [0.29, 0.717) is 0 Å². The third-order valence-electron chi connectivity index (χ3n) is 6.32. The minimum absolute atomic E-state index is 0.0482. The SMILES string of the molecule is Cc1cccc(NC(=O)C2CCN(Cc3nc4ccccc4n3-c3ccc(Br)cc3)CC2)c1. The number of hydrogen-bond donors (Lipinski definition) is 1. The second kappa shape index (κ2) is 9.49. The highest BCUT2D eigenvalue weighted by atomic mass is 79.9. The van der Waals surface area contributed by atoms with E-state index in [1.54, 1.807) is 0 Å². The molecule has 1 aliphatic rings. The number of carbonyl (C=O) groups excluding carboxylic acids is 1. The van der Waals surface area contributed by atoms with Gasteiger partial charge in [0.05, 0.1) is 17.6 Å². The molecule has 1 N–H and O–H groups in total. The number of amides is 1. The second-order valence-electron chi connectivity index (χ2n) is 8.74. The van der Waals surface area contributed by atoms with Crippen molar-refractivity contribution in [2.24, 2.45) is 5.92 Å². The summed E-state index contributed by atoms with van der Waals surface area (Å²) < 4.78 is 3.31. The molecule has 1 amide bonds. The summed E-state index contributed by atoms with van der Waals surface area (Å²) >= 11 is 3.53.